The van der Waals surface area contributed by atoms with Crippen LogP contribution >= 0.6 is 0 Å². The minimum Gasteiger partial charge on any atom is -0.456 e. The number of furan rings is 2. The number of nitrogens with zero attached hydrogens (tertiary/aromatic N) is 3. The lowest BCUT2D eigenvalue weighted by atomic mass is 9.70. The van der Waals surface area contributed by atoms with Gasteiger partial charge in [-0.2, -0.15) is 0 Å². The second kappa shape index (κ2) is 14.4. The zero-order chi connectivity index (χ0) is 45.2. The molecule has 15 rings (SSSR count). The van der Waals surface area contributed by atoms with E-state index < -0.39 is 5.41 Å². The summed E-state index contributed by atoms with van der Waals surface area (Å²) in [4.78, 5) is 15.7. The molecule has 69 heavy (non-hydrogen) atoms. The molecule has 0 unspecified atom stereocenters. The molecule has 0 bridgehead atoms. The highest BCUT2D eigenvalue weighted by molar-refractivity contribution is 6.13. The van der Waals surface area contributed by atoms with E-state index >= 15 is 0 Å². The Morgan fingerprint density at radius 2 is 0.783 bits per heavy atom. The number of para-hydroxylation sites is 1. The van der Waals surface area contributed by atoms with Crippen molar-refractivity contribution in [2.24, 2.45) is 0 Å². The smallest absolute Gasteiger partial charge is 0.164 e. The maximum atomic E-state index is 6.69. The lowest BCUT2D eigenvalue weighted by Gasteiger charge is -2.30. The van der Waals surface area contributed by atoms with Gasteiger partial charge in [0.25, 0.3) is 0 Å². The van der Waals surface area contributed by atoms with Gasteiger partial charge in [-0.3, -0.25) is 0 Å². The monoisotopic (exact) mass is 879 g/mol. The normalized spacial score (nSPS) is 13.0. The van der Waals surface area contributed by atoms with E-state index in [1.54, 1.807) is 0 Å². The van der Waals surface area contributed by atoms with Crippen LogP contribution in [0.2, 0.25) is 0 Å². The van der Waals surface area contributed by atoms with Gasteiger partial charge in [0.05, 0.1) is 5.41 Å². The first-order valence-corrected chi connectivity index (χ1v) is 23.4. The summed E-state index contributed by atoms with van der Waals surface area (Å²) in [5, 5.41) is 4.07. The van der Waals surface area contributed by atoms with Crippen LogP contribution < -0.4 is 0 Å². The minimum atomic E-state index is -0.431. The van der Waals surface area contributed by atoms with Crippen molar-refractivity contribution in [1.82, 2.24) is 15.0 Å². The fourth-order valence-electron chi connectivity index (χ4n) is 11.6. The third-order valence-corrected chi connectivity index (χ3v) is 14.6. The molecule has 0 saturated carbocycles. The molecule has 0 N–H and O–H groups in total. The number of rotatable bonds is 5. The Bertz CT molecular complexity index is 4210. The zero-order valence-corrected chi connectivity index (χ0v) is 37.0. The third-order valence-electron chi connectivity index (χ3n) is 14.6. The largest absolute Gasteiger partial charge is 0.456 e. The number of hydrogen-bond donors (Lipinski definition) is 0. The van der Waals surface area contributed by atoms with Crippen LogP contribution in [0.5, 0.6) is 0 Å². The Labute approximate surface area is 396 Å². The molecule has 0 atom stereocenters. The van der Waals surface area contributed by atoms with E-state index in [4.69, 9.17) is 23.8 Å². The third kappa shape index (κ3) is 5.44. The molecule has 0 radical (unpaired) electrons. The highest BCUT2D eigenvalue weighted by Crippen LogP contribution is 2.64. The number of aromatic nitrogens is 3. The highest BCUT2D eigenvalue weighted by atomic mass is 16.3. The van der Waals surface area contributed by atoms with Crippen LogP contribution in [0, 0.1) is 0 Å². The van der Waals surface area contributed by atoms with Crippen LogP contribution in [0.4, 0.5) is 0 Å². The van der Waals surface area contributed by atoms with E-state index in [0.717, 1.165) is 77.3 Å². The van der Waals surface area contributed by atoms with Crippen LogP contribution in [0.1, 0.15) is 22.3 Å². The zero-order valence-electron chi connectivity index (χ0n) is 37.0. The van der Waals surface area contributed by atoms with E-state index in [9.17, 15) is 0 Å². The summed E-state index contributed by atoms with van der Waals surface area (Å²) in [6.07, 6.45) is 0. The lowest BCUT2D eigenvalue weighted by molar-refractivity contribution is 0.668. The van der Waals surface area contributed by atoms with Gasteiger partial charge in [-0.15, -0.1) is 0 Å². The molecule has 2 aliphatic rings. The fraction of sp³-hybridized carbons (Fsp3) is 0.0156. The van der Waals surface area contributed by atoms with Gasteiger partial charge in [-0.05, 0) is 103 Å². The quantitative estimate of drug-likeness (QED) is 0.172. The topological polar surface area (TPSA) is 65.0 Å². The number of benzene rings is 10. The molecule has 0 fully saturated rings. The molecule has 0 saturated heterocycles. The molecule has 1 spiro atoms. The van der Waals surface area contributed by atoms with Crippen molar-refractivity contribution in [2.75, 3.05) is 0 Å². The van der Waals surface area contributed by atoms with E-state index in [1.165, 1.54) is 50.1 Å². The molecule has 5 nitrogen and oxygen atoms in total. The molecular formula is C64H37N3O2. The fourth-order valence-corrected chi connectivity index (χ4v) is 11.6. The van der Waals surface area contributed by atoms with Crippen LogP contribution in [0.15, 0.2) is 233 Å². The maximum Gasteiger partial charge on any atom is 0.164 e. The summed E-state index contributed by atoms with van der Waals surface area (Å²) in [5.41, 5.74) is 20.3. The van der Waals surface area contributed by atoms with E-state index in [-0.39, 0.29) is 0 Å². The van der Waals surface area contributed by atoms with Crippen molar-refractivity contribution >= 4 is 43.9 Å². The Morgan fingerprint density at radius 3 is 1.58 bits per heavy atom. The number of hydrogen-bond acceptors (Lipinski definition) is 5. The SMILES string of the molecule is c1ccc(-c2ccc(-c3nc(-c4ccc5c(c4)oc4ccccc45)nc(-c4cccc5oc6ccc(-c7cccc8c7-c7ccccc7C87c8ccccc8-c8ccccc87)cc6c45)n3)cc2)cc1. The van der Waals surface area contributed by atoms with Crippen molar-refractivity contribution in [2.45, 2.75) is 5.41 Å². The molecule has 3 aromatic heterocycles. The van der Waals surface area contributed by atoms with E-state index in [2.05, 4.69) is 182 Å². The molecule has 2 aliphatic carbocycles. The first-order valence-electron chi connectivity index (χ1n) is 23.4. The van der Waals surface area contributed by atoms with Crippen molar-refractivity contribution in [3.63, 3.8) is 0 Å². The lowest BCUT2D eigenvalue weighted by Crippen LogP contribution is -2.25. The van der Waals surface area contributed by atoms with Gasteiger partial charge in [0.1, 0.15) is 22.3 Å². The molecular weight excluding hydrogens is 843 g/mol. The maximum absolute atomic E-state index is 6.69. The summed E-state index contributed by atoms with van der Waals surface area (Å²) in [5.74, 6) is 1.69. The number of fused-ring (bicyclic) bond motifs is 16. The average Bonchev–Trinajstić information content (AvgIpc) is 4.16. The molecule has 5 heteroatoms. The molecule has 10 aromatic carbocycles. The summed E-state index contributed by atoms with van der Waals surface area (Å²) >= 11 is 0. The van der Waals surface area contributed by atoms with Gasteiger partial charge in [0.2, 0.25) is 0 Å². The predicted molar refractivity (Wildman–Crippen MR) is 278 cm³/mol. The van der Waals surface area contributed by atoms with Gasteiger partial charge in [0, 0.05) is 38.2 Å². The van der Waals surface area contributed by atoms with Crippen LogP contribution in [-0.4, -0.2) is 15.0 Å². The molecule has 13 aromatic rings. The van der Waals surface area contributed by atoms with Crippen molar-refractivity contribution < 1.29 is 8.83 Å². The van der Waals surface area contributed by atoms with Gasteiger partial charge >= 0.3 is 0 Å². The molecule has 0 amide bonds. The summed E-state index contributed by atoms with van der Waals surface area (Å²) in [6.45, 7) is 0. The first kappa shape index (κ1) is 38.0. The Hall–Kier alpha value is -9.19. The summed E-state index contributed by atoms with van der Waals surface area (Å²) < 4.78 is 13.1. The van der Waals surface area contributed by atoms with Crippen molar-refractivity contribution in [3.05, 3.63) is 247 Å². The van der Waals surface area contributed by atoms with Crippen LogP contribution in [-0.2, 0) is 5.41 Å². The Morgan fingerprint density at radius 1 is 0.275 bits per heavy atom. The second-order valence-electron chi connectivity index (χ2n) is 18.2. The molecule has 0 aliphatic heterocycles. The van der Waals surface area contributed by atoms with Crippen molar-refractivity contribution in [1.29, 1.82) is 0 Å². The van der Waals surface area contributed by atoms with E-state index in [0.29, 0.717) is 17.5 Å². The van der Waals surface area contributed by atoms with Gasteiger partial charge in [-0.25, -0.2) is 15.0 Å². The highest BCUT2D eigenvalue weighted by Gasteiger charge is 2.52. The van der Waals surface area contributed by atoms with Gasteiger partial charge < -0.3 is 8.83 Å². The standard InChI is InChI=1S/C64H37N3O2/c1-2-14-38(15-3-1)39-28-30-40(31-29-39)61-65-62(42-32-34-47-46-18-7-11-26-55(46)69-58(47)37-42)67-63(66-61)49-21-13-27-57-60(49)50-36-41(33-35-56(50)68-57)43-20-12-25-54-59(43)48-19-6-10-24-53(48)64(54)51-22-8-4-16-44(51)45-17-5-9-23-52(45)64/h1-37H. The molecule has 3 heterocycles. The average molecular weight is 880 g/mol. The minimum absolute atomic E-state index is 0.431. The van der Waals surface area contributed by atoms with Gasteiger partial charge in [0.15, 0.2) is 17.5 Å². The first-order chi connectivity index (χ1) is 34.2. The van der Waals surface area contributed by atoms with Crippen LogP contribution in [0.3, 0.4) is 0 Å². The predicted octanol–water partition coefficient (Wildman–Crippen LogP) is 16.3. The summed E-state index contributed by atoms with van der Waals surface area (Å²) in [6, 6.07) is 79.8. The Kier molecular flexibility index (Phi) is 7.93. The summed E-state index contributed by atoms with van der Waals surface area (Å²) in [7, 11) is 0. The van der Waals surface area contributed by atoms with Gasteiger partial charge in [-0.1, -0.05) is 188 Å². The Balaban J connectivity index is 0.923. The van der Waals surface area contributed by atoms with Crippen molar-refractivity contribution in [3.8, 4) is 78.7 Å². The van der Waals surface area contributed by atoms with E-state index in [1.807, 2.05) is 42.5 Å². The molecule has 320 valence electrons. The second-order valence-corrected chi connectivity index (χ2v) is 18.2. The van der Waals surface area contributed by atoms with Crippen LogP contribution in [0.25, 0.3) is 123 Å².